The van der Waals surface area contributed by atoms with Crippen molar-refractivity contribution in [3.63, 3.8) is 0 Å². The Bertz CT molecular complexity index is 1570. The van der Waals surface area contributed by atoms with Gasteiger partial charge in [-0.1, -0.05) is 69.9 Å². The fraction of sp³-hybridized carbons (Fsp3) is 0.522. The summed E-state index contributed by atoms with van der Waals surface area (Å²) < 4.78 is 43.2. The van der Waals surface area contributed by atoms with Crippen LogP contribution in [-0.2, 0) is 42.8 Å². The second-order valence-electron chi connectivity index (χ2n) is 13.7. The van der Waals surface area contributed by atoms with E-state index in [0.29, 0.717) is 50.1 Å². The summed E-state index contributed by atoms with van der Waals surface area (Å²) in [6, 6.07) is 13.2. The van der Waals surface area contributed by atoms with Gasteiger partial charge in [-0.3, -0.25) is 4.79 Å². The number of ether oxygens (including phenoxy) is 8. The summed E-state index contributed by atoms with van der Waals surface area (Å²) in [6.07, 6.45) is 15.9. The zero-order valence-corrected chi connectivity index (χ0v) is 33.8. The molecular formula is C46H60O12. The summed E-state index contributed by atoms with van der Waals surface area (Å²) >= 11 is 0. The standard InChI is InChI=1S/C46H60O12/c1-3-43(47)55-30-13-11-9-7-5-6-8-10-12-29-54-40-22-20-39(21-23-40)46(50)58-42-26-24-41(25-27-42)57-45(49)38-18-16-37(17-19-38)15-14-28-51-31-32-52-33-34-53-35-36-56-44(48)4-2/h3-4,16-19,24-27,39-40H,1-2,5-13,20-23,28-36H2. The molecule has 1 fully saturated rings. The number of benzene rings is 2. The van der Waals surface area contributed by atoms with Crippen LogP contribution in [0.2, 0.25) is 0 Å². The highest BCUT2D eigenvalue weighted by molar-refractivity contribution is 5.91. The minimum Gasteiger partial charge on any atom is -0.463 e. The van der Waals surface area contributed by atoms with Crippen LogP contribution in [0.4, 0.5) is 0 Å². The number of hydrogen-bond acceptors (Lipinski definition) is 12. The Morgan fingerprint density at radius 2 is 1.07 bits per heavy atom. The van der Waals surface area contributed by atoms with E-state index in [0.717, 1.165) is 69.6 Å². The molecule has 0 aromatic heterocycles. The summed E-state index contributed by atoms with van der Waals surface area (Å²) in [4.78, 5) is 47.5. The molecule has 0 heterocycles. The Balaban J connectivity index is 1.19. The van der Waals surface area contributed by atoms with Gasteiger partial charge in [0.05, 0.1) is 57.2 Å². The lowest BCUT2D eigenvalue weighted by molar-refractivity contribution is -0.141. The van der Waals surface area contributed by atoms with E-state index in [9.17, 15) is 19.2 Å². The molecular weight excluding hydrogens is 744 g/mol. The normalized spacial score (nSPS) is 14.7. The van der Waals surface area contributed by atoms with Crippen LogP contribution in [0.5, 0.6) is 11.5 Å². The first-order valence-electron chi connectivity index (χ1n) is 20.4. The summed E-state index contributed by atoms with van der Waals surface area (Å²) in [5, 5.41) is 0. The summed E-state index contributed by atoms with van der Waals surface area (Å²) in [7, 11) is 0. The number of esters is 4. The van der Waals surface area contributed by atoms with E-state index in [-0.39, 0.29) is 43.8 Å². The quantitative estimate of drug-likeness (QED) is 0.0261. The molecule has 0 saturated heterocycles. The molecule has 0 spiro atoms. The maximum Gasteiger partial charge on any atom is 0.343 e. The van der Waals surface area contributed by atoms with Crippen molar-refractivity contribution in [3.8, 4) is 23.3 Å². The van der Waals surface area contributed by atoms with Gasteiger partial charge in [0.2, 0.25) is 0 Å². The van der Waals surface area contributed by atoms with Crippen molar-refractivity contribution in [2.24, 2.45) is 5.92 Å². The molecule has 1 aliphatic carbocycles. The van der Waals surface area contributed by atoms with Crippen molar-refractivity contribution in [1.82, 2.24) is 0 Å². The highest BCUT2D eigenvalue weighted by Gasteiger charge is 2.28. The maximum atomic E-state index is 12.9. The Morgan fingerprint density at radius 3 is 1.66 bits per heavy atom. The molecule has 2 aromatic carbocycles. The molecule has 1 saturated carbocycles. The van der Waals surface area contributed by atoms with Crippen LogP contribution in [0.3, 0.4) is 0 Å². The van der Waals surface area contributed by atoms with E-state index in [4.69, 9.17) is 37.9 Å². The maximum absolute atomic E-state index is 12.9. The first-order chi connectivity index (χ1) is 28.4. The van der Waals surface area contributed by atoms with E-state index >= 15 is 0 Å². The van der Waals surface area contributed by atoms with E-state index in [1.165, 1.54) is 38.2 Å². The van der Waals surface area contributed by atoms with E-state index in [1.807, 2.05) is 0 Å². The lowest BCUT2D eigenvalue weighted by Crippen LogP contribution is -2.29. The van der Waals surface area contributed by atoms with Crippen molar-refractivity contribution in [3.05, 3.63) is 85.0 Å². The van der Waals surface area contributed by atoms with E-state index in [2.05, 4.69) is 25.0 Å². The SMILES string of the molecule is C=CC(=O)OCCCCCCCCCCCOC1CCC(C(=O)Oc2ccc(OC(=O)c3ccc(C#CCOCCOCCOCCOC(=O)C=C)cc3)cc2)CC1. The molecule has 12 heteroatoms. The van der Waals surface area contributed by atoms with Gasteiger partial charge in [0.15, 0.2) is 0 Å². The van der Waals surface area contributed by atoms with Crippen LogP contribution in [0.15, 0.2) is 73.8 Å². The van der Waals surface area contributed by atoms with Gasteiger partial charge in [-0.25, -0.2) is 14.4 Å². The van der Waals surface area contributed by atoms with Crippen LogP contribution in [0.25, 0.3) is 0 Å². The van der Waals surface area contributed by atoms with Crippen LogP contribution < -0.4 is 9.47 Å². The Kier molecular flexibility index (Phi) is 24.9. The second kappa shape index (κ2) is 30.3. The predicted molar refractivity (Wildman–Crippen MR) is 218 cm³/mol. The minimum atomic E-state index is -0.515. The third-order valence-corrected chi connectivity index (χ3v) is 9.22. The third kappa shape index (κ3) is 21.6. The highest BCUT2D eigenvalue weighted by atomic mass is 16.6. The summed E-state index contributed by atoms with van der Waals surface area (Å²) in [5.74, 6) is 4.91. The predicted octanol–water partition coefficient (Wildman–Crippen LogP) is 7.76. The third-order valence-electron chi connectivity index (χ3n) is 9.22. The average molecular weight is 805 g/mol. The van der Waals surface area contributed by atoms with Crippen LogP contribution in [0.1, 0.15) is 99.4 Å². The van der Waals surface area contributed by atoms with E-state index < -0.39 is 11.9 Å². The molecule has 2 aromatic rings. The number of carbonyl (C=O) groups is 4. The molecule has 0 bridgehead atoms. The average Bonchev–Trinajstić information content (AvgIpc) is 3.24. The summed E-state index contributed by atoms with van der Waals surface area (Å²) in [6.45, 7) is 10.2. The van der Waals surface area contributed by atoms with Gasteiger partial charge in [0.25, 0.3) is 0 Å². The second-order valence-corrected chi connectivity index (χ2v) is 13.7. The van der Waals surface area contributed by atoms with Gasteiger partial charge >= 0.3 is 23.9 Å². The fourth-order valence-electron chi connectivity index (χ4n) is 5.98. The van der Waals surface area contributed by atoms with Crippen LogP contribution >= 0.6 is 0 Å². The molecule has 316 valence electrons. The fourth-order valence-corrected chi connectivity index (χ4v) is 5.98. The smallest absolute Gasteiger partial charge is 0.343 e. The number of carbonyl (C=O) groups excluding carboxylic acids is 4. The van der Waals surface area contributed by atoms with Gasteiger partial charge < -0.3 is 37.9 Å². The molecule has 3 rings (SSSR count). The molecule has 0 aliphatic heterocycles. The first-order valence-corrected chi connectivity index (χ1v) is 20.4. The first kappa shape index (κ1) is 47.6. The zero-order chi connectivity index (χ0) is 41.5. The van der Waals surface area contributed by atoms with E-state index in [1.54, 1.807) is 48.5 Å². The minimum absolute atomic E-state index is 0.161. The van der Waals surface area contributed by atoms with Crippen LogP contribution in [-0.4, -0.2) is 89.4 Å². The topological polar surface area (TPSA) is 142 Å². The van der Waals surface area contributed by atoms with Gasteiger partial charge in [0.1, 0.15) is 24.7 Å². The molecule has 12 nitrogen and oxygen atoms in total. The molecule has 0 radical (unpaired) electrons. The van der Waals surface area contributed by atoms with Crippen molar-refractivity contribution >= 4 is 23.9 Å². The molecule has 0 unspecified atom stereocenters. The van der Waals surface area contributed by atoms with Gasteiger partial charge in [0, 0.05) is 24.3 Å². The lowest BCUT2D eigenvalue weighted by Gasteiger charge is -2.27. The largest absolute Gasteiger partial charge is 0.463 e. The number of rotatable bonds is 29. The lowest BCUT2D eigenvalue weighted by atomic mass is 9.87. The monoisotopic (exact) mass is 804 g/mol. The summed E-state index contributed by atoms with van der Waals surface area (Å²) in [5.41, 5.74) is 1.10. The molecule has 0 atom stereocenters. The highest BCUT2D eigenvalue weighted by Crippen LogP contribution is 2.29. The van der Waals surface area contributed by atoms with Crippen LogP contribution in [0, 0.1) is 17.8 Å². The van der Waals surface area contributed by atoms with Gasteiger partial charge in [-0.15, -0.1) is 0 Å². The van der Waals surface area contributed by atoms with Crippen molar-refractivity contribution in [1.29, 1.82) is 0 Å². The Hall–Kier alpha value is -4.80. The molecule has 0 N–H and O–H groups in total. The number of unbranched alkanes of at least 4 members (excludes halogenated alkanes) is 8. The zero-order valence-electron chi connectivity index (χ0n) is 33.8. The number of hydrogen-bond donors (Lipinski definition) is 0. The van der Waals surface area contributed by atoms with Gasteiger partial charge in [-0.2, -0.15) is 0 Å². The molecule has 1 aliphatic rings. The van der Waals surface area contributed by atoms with Crippen molar-refractivity contribution in [2.75, 3.05) is 59.5 Å². The molecule has 0 amide bonds. The van der Waals surface area contributed by atoms with Crippen molar-refractivity contribution < 1.29 is 57.1 Å². The van der Waals surface area contributed by atoms with Gasteiger partial charge in [-0.05, 0) is 87.1 Å². The van der Waals surface area contributed by atoms with Crippen molar-refractivity contribution in [2.45, 2.75) is 89.6 Å². The Morgan fingerprint density at radius 1 is 0.569 bits per heavy atom. The molecule has 58 heavy (non-hydrogen) atoms. The Labute approximate surface area is 343 Å².